The van der Waals surface area contributed by atoms with E-state index >= 15 is 0 Å². The maximum atomic E-state index is 9.11. The van der Waals surface area contributed by atoms with Crippen LogP contribution >= 0.6 is 0 Å². The molecule has 0 unspecified atom stereocenters. The molecule has 2 rings (SSSR count). The number of aryl methyl sites for hydroxylation is 1. The molecule has 2 aromatic rings. The molecule has 4 N–H and O–H groups in total. The zero-order valence-electron chi connectivity index (χ0n) is 19.9. The van der Waals surface area contributed by atoms with Crippen LogP contribution in [-0.4, -0.2) is 56.4 Å². The van der Waals surface area contributed by atoms with Crippen LogP contribution in [0.1, 0.15) is 70.5 Å². The molecule has 0 aromatic carbocycles. The van der Waals surface area contributed by atoms with Crippen LogP contribution in [0.2, 0.25) is 0 Å². The summed E-state index contributed by atoms with van der Waals surface area (Å²) in [6.07, 6.45) is 7.94. The first-order valence-electron chi connectivity index (χ1n) is 11.6. The van der Waals surface area contributed by atoms with Gasteiger partial charge in [-0.1, -0.05) is 31.5 Å². The topological polar surface area (TPSA) is 129 Å². The molecule has 0 aliphatic carbocycles. The monoisotopic (exact) mass is 461 g/mol. The van der Waals surface area contributed by atoms with E-state index in [-0.39, 0.29) is 18.4 Å². The van der Waals surface area contributed by atoms with Crippen molar-refractivity contribution in [1.29, 1.82) is 0 Å². The zero-order chi connectivity index (χ0) is 24.4. The Balaban J connectivity index is 0.000000582. The van der Waals surface area contributed by atoms with Crippen LogP contribution in [0.4, 0.5) is 5.82 Å². The third-order valence-corrected chi connectivity index (χ3v) is 4.85. The fraction of sp³-hybridized carbons (Fsp3) is 0.667. The van der Waals surface area contributed by atoms with Gasteiger partial charge >= 0.3 is 0 Å². The van der Waals surface area contributed by atoms with Gasteiger partial charge in [-0.05, 0) is 43.2 Å². The van der Waals surface area contributed by atoms with Gasteiger partial charge < -0.3 is 30.0 Å². The summed E-state index contributed by atoms with van der Waals surface area (Å²) in [4.78, 5) is 11.8. The van der Waals surface area contributed by atoms with E-state index in [0.717, 1.165) is 57.3 Å². The number of aliphatic hydroxyl groups is 3. The minimum absolute atomic E-state index is 0.262. The molecule has 2 heterocycles. The Kier molecular flexibility index (Phi) is 14.7. The Hall–Kier alpha value is -2.54. The van der Waals surface area contributed by atoms with E-state index in [9.17, 15) is 0 Å². The minimum atomic E-state index is -1.32. The SMILES string of the molecule is CC(C)(Cc1nc(CCCCCNc2ccccn2)no1)CC(O)O.[C-]#[N+]CCCCCO. The van der Waals surface area contributed by atoms with Gasteiger partial charge in [0.2, 0.25) is 12.4 Å². The second kappa shape index (κ2) is 17.0. The molecule has 0 aliphatic rings. The van der Waals surface area contributed by atoms with E-state index in [2.05, 4.69) is 25.3 Å². The van der Waals surface area contributed by atoms with E-state index in [0.29, 0.717) is 24.7 Å². The zero-order valence-corrected chi connectivity index (χ0v) is 19.9. The van der Waals surface area contributed by atoms with Crippen molar-refractivity contribution in [3.8, 4) is 0 Å². The van der Waals surface area contributed by atoms with Crippen molar-refractivity contribution in [2.24, 2.45) is 5.41 Å². The Labute approximate surface area is 197 Å². The molecular weight excluding hydrogens is 422 g/mol. The Morgan fingerprint density at radius 3 is 2.58 bits per heavy atom. The van der Waals surface area contributed by atoms with Crippen molar-refractivity contribution in [3.05, 3.63) is 47.5 Å². The number of anilines is 1. The van der Waals surface area contributed by atoms with Gasteiger partial charge in [0.25, 0.3) is 0 Å². The summed E-state index contributed by atoms with van der Waals surface area (Å²) in [5, 5.41) is 33.8. The van der Waals surface area contributed by atoms with Crippen LogP contribution in [0.3, 0.4) is 0 Å². The van der Waals surface area contributed by atoms with Gasteiger partial charge in [0.05, 0.1) is 0 Å². The molecular formula is C24H39N5O4. The number of nitrogens with zero attached hydrogens (tertiary/aromatic N) is 4. The number of aliphatic hydroxyl groups excluding tert-OH is 2. The predicted octanol–water partition coefficient (Wildman–Crippen LogP) is 3.63. The Morgan fingerprint density at radius 1 is 1.12 bits per heavy atom. The molecule has 0 aliphatic heterocycles. The third-order valence-electron chi connectivity index (χ3n) is 4.85. The molecule has 0 atom stereocenters. The molecule has 0 fully saturated rings. The van der Waals surface area contributed by atoms with Gasteiger partial charge in [-0.3, -0.25) is 0 Å². The lowest BCUT2D eigenvalue weighted by atomic mass is 9.85. The van der Waals surface area contributed by atoms with Gasteiger partial charge in [-0.15, -0.1) is 0 Å². The average molecular weight is 462 g/mol. The summed E-state index contributed by atoms with van der Waals surface area (Å²) in [5.74, 6) is 2.17. The highest BCUT2D eigenvalue weighted by Crippen LogP contribution is 2.26. The second-order valence-electron chi connectivity index (χ2n) is 8.75. The van der Waals surface area contributed by atoms with Crippen LogP contribution in [0.15, 0.2) is 28.9 Å². The lowest BCUT2D eigenvalue weighted by molar-refractivity contribution is -0.0681. The van der Waals surface area contributed by atoms with Crippen LogP contribution in [0.25, 0.3) is 4.85 Å². The summed E-state index contributed by atoms with van der Waals surface area (Å²) in [5.41, 5.74) is -0.297. The van der Waals surface area contributed by atoms with Gasteiger partial charge in [0.15, 0.2) is 12.1 Å². The molecule has 0 saturated carbocycles. The van der Waals surface area contributed by atoms with Crippen molar-refractivity contribution >= 4 is 5.82 Å². The van der Waals surface area contributed by atoms with Crippen molar-refractivity contribution in [2.75, 3.05) is 25.0 Å². The molecule has 9 heteroatoms. The van der Waals surface area contributed by atoms with Crippen LogP contribution in [0, 0.1) is 12.0 Å². The summed E-state index contributed by atoms with van der Waals surface area (Å²) in [6.45, 7) is 12.1. The third kappa shape index (κ3) is 15.0. The standard InChI is InChI=1S/C18H28N4O3.C6H11NO/c1-18(2,13-17(23)24)12-16-21-15(22-25-16)9-4-3-6-10-19-14-8-5-7-11-20-14;1-7-5-3-2-4-6-8/h5,7-8,11,17,23-24H,3-4,6,9-10,12-13H2,1-2H3,(H,19,20);8H,2-6H2. The van der Waals surface area contributed by atoms with Gasteiger partial charge in [0.1, 0.15) is 5.82 Å². The molecule has 0 spiro atoms. The number of rotatable bonds is 15. The summed E-state index contributed by atoms with van der Waals surface area (Å²) in [6, 6.07) is 5.82. The first-order valence-corrected chi connectivity index (χ1v) is 11.6. The quantitative estimate of drug-likeness (QED) is 0.180. The molecule has 0 saturated heterocycles. The first kappa shape index (κ1) is 28.5. The van der Waals surface area contributed by atoms with Crippen molar-refractivity contribution in [2.45, 2.75) is 77.9 Å². The predicted molar refractivity (Wildman–Crippen MR) is 127 cm³/mol. The van der Waals surface area contributed by atoms with E-state index in [1.54, 1.807) is 6.20 Å². The van der Waals surface area contributed by atoms with E-state index in [1.807, 2.05) is 32.0 Å². The molecule has 2 aromatic heterocycles. The Bertz CT molecular complexity index is 775. The van der Waals surface area contributed by atoms with Crippen LogP contribution in [0.5, 0.6) is 0 Å². The summed E-state index contributed by atoms with van der Waals surface area (Å²) >= 11 is 0. The first-order chi connectivity index (χ1) is 15.9. The Morgan fingerprint density at radius 2 is 1.91 bits per heavy atom. The molecule has 0 amide bonds. The molecule has 0 bridgehead atoms. The van der Waals surface area contributed by atoms with Gasteiger partial charge in [-0.25, -0.2) is 11.6 Å². The maximum absolute atomic E-state index is 9.11. The average Bonchev–Trinajstić information content (AvgIpc) is 3.20. The lowest BCUT2D eigenvalue weighted by Crippen LogP contribution is -2.22. The number of unbranched alkanes of at least 4 members (excludes halogenated alkanes) is 4. The molecule has 9 nitrogen and oxygen atoms in total. The number of hydrogen-bond donors (Lipinski definition) is 4. The molecule has 0 radical (unpaired) electrons. The van der Waals surface area contributed by atoms with Crippen LogP contribution < -0.4 is 5.32 Å². The smallest absolute Gasteiger partial charge is 0.227 e. The van der Waals surface area contributed by atoms with Gasteiger partial charge in [0, 0.05) is 45.0 Å². The minimum Gasteiger partial charge on any atom is -0.396 e. The molecule has 184 valence electrons. The summed E-state index contributed by atoms with van der Waals surface area (Å²) < 4.78 is 5.27. The lowest BCUT2D eigenvalue weighted by Gasteiger charge is -2.23. The largest absolute Gasteiger partial charge is 0.396 e. The van der Waals surface area contributed by atoms with Crippen LogP contribution in [-0.2, 0) is 12.8 Å². The number of pyridine rings is 1. The van der Waals surface area contributed by atoms with E-state index in [1.165, 1.54) is 0 Å². The highest BCUT2D eigenvalue weighted by atomic mass is 16.5. The van der Waals surface area contributed by atoms with Crippen molar-refractivity contribution < 1.29 is 19.8 Å². The maximum Gasteiger partial charge on any atom is 0.227 e. The molecule has 33 heavy (non-hydrogen) atoms. The van der Waals surface area contributed by atoms with Gasteiger partial charge in [-0.2, -0.15) is 4.98 Å². The summed E-state index contributed by atoms with van der Waals surface area (Å²) in [7, 11) is 0. The fourth-order valence-electron chi connectivity index (χ4n) is 3.19. The van der Waals surface area contributed by atoms with Crippen molar-refractivity contribution in [3.63, 3.8) is 0 Å². The number of hydrogen-bond acceptors (Lipinski definition) is 8. The fourth-order valence-corrected chi connectivity index (χ4v) is 3.19. The highest BCUT2D eigenvalue weighted by molar-refractivity contribution is 5.32. The van der Waals surface area contributed by atoms with Crippen molar-refractivity contribution in [1.82, 2.24) is 15.1 Å². The van der Waals surface area contributed by atoms with E-state index < -0.39 is 6.29 Å². The van der Waals surface area contributed by atoms with E-state index in [4.69, 9.17) is 26.4 Å². The highest BCUT2D eigenvalue weighted by Gasteiger charge is 2.24. The number of aromatic nitrogens is 3. The second-order valence-corrected chi connectivity index (χ2v) is 8.75. The normalized spacial score (nSPS) is 11.1. The number of nitrogens with one attached hydrogen (secondary N) is 1.